The SMILES string of the molecule is O=C(Cc1ccncc1)CC1CCNC1. The lowest BCUT2D eigenvalue weighted by Gasteiger charge is -2.06. The Hall–Kier alpha value is -1.22. The first-order chi connectivity index (χ1) is 7.34. The topological polar surface area (TPSA) is 42.0 Å². The molecule has 1 aliphatic heterocycles. The molecule has 1 saturated heterocycles. The van der Waals surface area contributed by atoms with Gasteiger partial charge in [-0.2, -0.15) is 0 Å². The van der Waals surface area contributed by atoms with Crippen LogP contribution in [0.3, 0.4) is 0 Å². The Labute approximate surface area is 89.9 Å². The molecule has 0 spiro atoms. The van der Waals surface area contributed by atoms with Gasteiger partial charge in [0.15, 0.2) is 0 Å². The van der Waals surface area contributed by atoms with Gasteiger partial charge in [0.05, 0.1) is 0 Å². The standard InChI is InChI=1S/C12H16N2O/c15-12(8-11-3-6-14-9-11)7-10-1-4-13-5-2-10/h1-2,4-5,11,14H,3,6-9H2. The molecule has 0 aliphatic carbocycles. The van der Waals surface area contributed by atoms with Crippen molar-refractivity contribution in [2.24, 2.45) is 5.92 Å². The molecule has 2 heterocycles. The van der Waals surface area contributed by atoms with Crippen LogP contribution in [-0.4, -0.2) is 23.9 Å². The lowest BCUT2D eigenvalue weighted by molar-refractivity contribution is -0.119. The average Bonchev–Trinajstić information content (AvgIpc) is 2.71. The van der Waals surface area contributed by atoms with Crippen molar-refractivity contribution in [3.63, 3.8) is 0 Å². The number of hydrogen-bond acceptors (Lipinski definition) is 3. The molecule has 15 heavy (non-hydrogen) atoms. The van der Waals surface area contributed by atoms with Gasteiger partial charge in [-0.15, -0.1) is 0 Å². The van der Waals surface area contributed by atoms with E-state index in [1.807, 2.05) is 12.1 Å². The van der Waals surface area contributed by atoms with Crippen molar-refractivity contribution < 1.29 is 4.79 Å². The van der Waals surface area contributed by atoms with Crippen molar-refractivity contribution in [2.45, 2.75) is 19.3 Å². The molecule has 1 aliphatic rings. The molecule has 0 amide bonds. The molecule has 0 aromatic carbocycles. The molecule has 1 atom stereocenters. The fourth-order valence-electron chi connectivity index (χ4n) is 2.01. The summed E-state index contributed by atoms with van der Waals surface area (Å²) in [6, 6.07) is 3.82. The first-order valence-electron chi connectivity index (χ1n) is 5.46. The summed E-state index contributed by atoms with van der Waals surface area (Å²) in [4.78, 5) is 15.7. The van der Waals surface area contributed by atoms with Crippen LogP contribution in [0.4, 0.5) is 0 Å². The highest BCUT2D eigenvalue weighted by atomic mass is 16.1. The van der Waals surface area contributed by atoms with E-state index in [1.54, 1.807) is 12.4 Å². The van der Waals surface area contributed by atoms with Crippen molar-refractivity contribution in [3.8, 4) is 0 Å². The molecule has 1 fully saturated rings. The Morgan fingerprint density at radius 2 is 2.27 bits per heavy atom. The predicted molar refractivity (Wildman–Crippen MR) is 58.5 cm³/mol. The molecule has 1 N–H and O–H groups in total. The summed E-state index contributed by atoms with van der Waals surface area (Å²) in [5.41, 5.74) is 1.07. The van der Waals surface area contributed by atoms with Crippen molar-refractivity contribution in [1.82, 2.24) is 10.3 Å². The summed E-state index contributed by atoms with van der Waals surface area (Å²) < 4.78 is 0. The van der Waals surface area contributed by atoms with Crippen LogP contribution in [0, 0.1) is 5.92 Å². The molecule has 2 rings (SSSR count). The van der Waals surface area contributed by atoms with E-state index in [0.29, 0.717) is 18.1 Å². The second-order valence-corrected chi connectivity index (χ2v) is 4.13. The number of Topliss-reactive ketones (excluding diaryl/α,β-unsaturated/α-hetero) is 1. The Balaban J connectivity index is 1.82. The Bertz CT molecular complexity index is 318. The molecule has 1 aromatic rings. The maximum Gasteiger partial charge on any atom is 0.137 e. The summed E-state index contributed by atoms with van der Waals surface area (Å²) in [5, 5.41) is 3.28. The predicted octanol–water partition coefficient (Wildman–Crippen LogP) is 1.19. The van der Waals surface area contributed by atoms with Crippen molar-refractivity contribution in [3.05, 3.63) is 30.1 Å². The molecule has 3 nitrogen and oxygen atoms in total. The van der Waals surface area contributed by atoms with E-state index in [4.69, 9.17) is 0 Å². The summed E-state index contributed by atoms with van der Waals surface area (Å²) in [6.07, 6.45) is 5.88. The average molecular weight is 204 g/mol. The van der Waals surface area contributed by atoms with Crippen LogP contribution >= 0.6 is 0 Å². The molecule has 3 heteroatoms. The van der Waals surface area contributed by atoms with Crippen molar-refractivity contribution in [1.29, 1.82) is 0 Å². The first-order valence-corrected chi connectivity index (χ1v) is 5.46. The third-order valence-corrected chi connectivity index (χ3v) is 2.83. The molecule has 0 saturated carbocycles. The van der Waals surface area contributed by atoms with E-state index >= 15 is 0 Å². The molecule has 1 aromatic heterocycles. The van der Waals surface area contributed by atoms with E-state index in [9.17, 15) is 4.79 Å². The number of ketones is 1. The zero-order valence-corrected chi connectivity index (χ0v) is 8.78. The third-order valence-electron chi connectivity index (χ3n) is 2.83. The number of nitrogens with one attached hydrogen (secondary N) is 1. The fourth-order valence-corrected chi connectivity index (χ4v) is 2.01. The zero-order valence-electron chi connectivity index (χ0n) is 8.78. The van der Waals surface area contributed by atoms with Crippen LogP contribution in [-0.2, 0) is 11.2 Å². The fraction of sp³-hybridized carbons (Fsp3) is 0.500. The lowest BCUT2D eigenvalue weighted by atomic mass is 9.98. The zero-order chi connectivity index (χ0) is 10.5. The highest BCUT2D eigenvalue weighted by molar-refractivity contribution is 5.81. The van der Waals surface area contributed by atoms with Crippen molar-refractivity contribution >= 4 is 5.78 Å². The van der Waals surface area contributed by atoms with E-state index in [1.165, 1.54) is 0 Å². The molecular formula is C12H16N2O. The summed E-state index contributed by atoms with van der Waals surface area (Å²) in [6.45, 7) is 2.06. The maximum atomic E-state index is 11.7. The molecular weight excluding hydrogens is 188 g/mol. The molecule has 80 valence electrons. The number of rotatable bonds is 4. The summed E-state index contributed by atoms with van der Waals surface area (Å²) >= 11 is 0. The molecule has 1 unspecified atom stereocenters. The number of hydrogen-bond donors (Lipinski definition) is 1. The maximum absolute atomic E-state index is 11.7. The van der Waals surface area contributed by atoms with Gasteiger partial charge in [-0.05, 0) is 43.1 Å². The van der Waals surface area contributed by atoms with E-state index in [2.05, 4.69) is 10.3 Å². The summed E-state index contributed by atoms with van der Waals surface area (Å²) in [7, 11) is 0. The minimum Gasteiger partial charge on any atom is -0.316 e. The number of aromatic nitrogens is 1. The number of carbonyl (C=O) groups is 1. The second kappa shape index (κ2) is 5.03. The van der Waals surface area contributed by atoms with Gasteiger partial charge in [-0.25, -0.2) is 0 Å². The monoisotopic (exact) mass is 204 g/mol. The lowest BCUT2D eigenvalue weighted by Crippen LogP contribution is -2.14. The second-order valence-electron chi connectivity index (χ2n) is 4.13. The van der Waals surface area contributed by atoms with Gasteiger partial charge in [-0.3, -0.25) is 9.78 Å². The van der Waals surface area contributed by atoms with Gasteiger partial charge >= 0.3 is 0 Å². The van der Waals surface area contributed by atoms with Crippen LogP contribution in [0.1, 0.15) is 18.4 Å². The van der Waals surface area contributed by atoms with Gasteiger partial charge in [-0.1, -0.05) is 0 Å². The van der Waals surface area contributed by atoms with Crippen LogP contribution < -0.4 is 5.32 Å². The number of carbonyl (C=O) groups excluding carboxylic acids is 1. The van der Waals surface area contributed by atoms with E-state index in [0.717, 1.165) is 31.5 Å². The van der Waals surface area contributed by atoms with Gasteiger partial charge in [0.25, 0.3) is 0 Å². The van der Waals surface area contributed by atoms with Gasteiger partial charge in [0.2, 0.25) is 0 Å². The van der Waals surface area contributed by atoms with E-state index in [-0.39, 0.29) is 0 Å². The molecule has 0 bridgehead atoms. The van der Waals surface area contributed by atoms with Crippen LogP contribution in [0.25, 0.3) is 0 Å². The largest absolute Gasteiger partial charge is 0.316 e. The van der Waals surface area contributed by atoms with Crippen LogP contribution in [0.2, 0.25) is 0 Å². The highest BCUT2D eigenvalue weighted by Crippen LogP contribution is 2.14. The minimum atomic E-state index is 0.343. The van der Waals surface area contributed by atoms with Crippen molar-refractivity contribution in [2.75, 3.05) is 13.1 Å². The molecule has 0 radical (unpaired) electrons. The quantitative estimate of drug-likeness (QED) is 0.801. The Morgan fingerprint density at radius 3 is 2.93 bits per heavy atom. The number of pyridine rings is 1. The normalized spacial score (nSPS) is 20.4. The Kier molecular flexibility index (Phi) is 3.45. The third kappa shape index (κ3) is 3.13. The van der Waals surface area contributed by atoms with Gasteiger partial charge in [0, 0.05) is 25.2 Å². The van der Waals surface area contributed by atoms with Crippen LogP contribution in [0.5, 0.6) is 0 Å². The first kappa shape index (κ1) is 10.3. The highest BCUT2D eigenvalue weighted by Gasteiger charge is 2.17. The number of nitrogens with zero attached hydrogens (tertiary/aromatic N) is 1. The summed E-state index contributed by atoms with van der Waals surface area (Å²) in [5.74, 6) is 0.897. The van der Waals surface area contributed by atoms with Crippen LogP contribution in [0.15, 0.2) is 24.5 Å². The minimum absolute atomic E-state index is 0.343. The Morgan fingerprint density at radius 1 is 1.47 bits per heavy atom. The van der Waals surface area contributed by atoms with Gasteiger partial charge < -0.3 is 5.32 Å². The smallest absolute Gasteiger partial charge is 0.137 e. The van der Waals surface area contributed by atoms with Gasteiger partial charge in [0.1, 0.15) is 5.78 Å². The van der Waals surface area contributed by atoms with E-state index < -0.39 is 0 Å².